The molecule has 1 unspecified atom stereocenters. The van der Waals surface area contributed by atoms with Crippen LogP contribution in [-0.2, 0) is 6.18 Å². The standard InChI is InChI=1S/C18H13F3N4OS2/c1-10(16-22-5-6-27-16)23-15(26)14-9-28-17-24-13(8-25(14)17)11-3-2-4-12(7-11)18(19,20)21/h2-10H,1H3,(H,23,26). The molecule has 0 aliphatic rings. The Morgan fingerprint density at radius 1 is 1.29 bits per heavy atom. The zero-order valence-electron chi connectivity index (χ0n) is 14.4. The molecule has 4 aromatic rings. The summed E-state index contributed by atoms with van der Waals surface area (Å²) in [6, 6.07) is 4.71. The van der Waals surface area contributed by atoms with Crippen LogP contribution >= 0.6 is 22.7 Å². The zero-order valence-corrected chi connectivity index (χ0v) is 16.0. The molecule has 1 atom stereocenters. The average Bonchev–Trinajstić information content (AvgIpc) is 3.37. The predicted octanol–water partition coefficient (Wildman–Crippen LogP) is 5.03. The first-order valence-corrected chi connectivity index (χ1v) is 9.93. The first-order chi connectivity index (χ1) is 13.3. The van der Waals surface area contributed by atoms with Gasteiger partial charge in [0, 0.05) is 28.7 Å². The lowest BCUT2D eigenvalue weighted by Crippen LogP contribution is -2.27. The van der Waals surface area contributed by atoms with E-state index in [1.165, 1.54) is 28.7 Å². The molecular formula is C18H13F3N4OS2. The summed E-state index contributed by atoms with van der Waals surface area (Å²) in [5, 5.41) is 7.16. The molecule has 1 amide bonds. The van der Waals surface area contributed by atoms with Crippen LogP contribution in [0.15, 0.2) is 47.4 Å². The first kappa shape index (κ1) is 18.6. The number of hydrogen-bond donors (Lipinski definition) is 1. The number of benzene rings is 1. The van der Waals surface area contributed by atoms with Crippen LogP contribution in [0.1, 0.15) is 34.0 Å². The van der Waals surface area contributed by atoms with Crippen molar-refractivity contribution in [1.29, 1.82) is 0 Å². The Labute approximate surface area is 165 Å². The van der Waals surface area contributed by atoms with E-state index in [0.717, 1.165) is 17.1 Å². The molecule has 0 bridgehead atoms. The van der Waals surface area contributed by atoms with E-state index in [2.05, 4.69) is 15.3 Å². The van der Waals surface area contributed by atoms with Gasteiger partial charge in [0.2, 0.25) is 0 Å². The Balaban J connectivity index is 1.63. The van der Waals surface area contributed by atoms with Gasteiger partial charge in [0.1, 0.15) is 10.7 Å². The summed E-state index contributed by atoms with van der Waals surface area (Å²) >= 11 is 2.69. The zero-order chi connectivity index (χ0) is 19.9. The monoisotopic (exact) mass is 422 g/mol. The molecule has 0 saturated heterocycles. The van der Waals surface area contributed by atoms with Crippen molar-refractivity contribution in [2.24, 2.45) is 0 Å². The van der Waals surface area contributed by atoms with Gasteiger partial charge in [-0.2, -0.15) is 13.2 Å². The van der Waals surface area contributed by atoms with Crippen molar-refractivity contribution >= 4 is 33.5 Å². The van der Waals surface area contributed by atoms with Crippen molar-refractivity contribution in [3.05, 3.63) is 63.7 Å². The average molecular weight is 422 g/mol. The second-order valence-corrected chi connectivity index (χ2v) is 7.81. The maximum Gasteiger partial charge on any atom is 0.416 e. The van der Waals surface area contributed by atoms with Crippen LogP contribution in [0.5, 0.6) is 0 Å². The third-order valence-corrected chi connectivity index (χ3v) is 5.89. The number of hydrogen-bond acceptors (Lipinski definition) is 5. The number of carbonyl (C=O) groups excluding carboxylic acids is 1. The summed E-state index contributed by atoms with van der Waals surface area (Å²) in [5.74, 6) is -0.304. The fourth-order valence-corrected chi connectivity index (χ4v) is 4.22. The normalized spacial score (nSPS) is 13.0. The van der Waals surface area contributed by atoms with Gasteiger partial charge in [-0.15, -0.1) is 22.7 Å². The number of nitrogens with zero attached hydrogens (tertiary/aromatic N) is 3. The molecular weight excluding hydrogens is 409 g/mol. The topological polar surface area (TPSA) is 59.3 Å². The summed E-state index contributed by atoms with van der Waals surface area (Å²) in [7, 11) is 0. The van der Waals surface area contributed by atoms with Gasteiger partial charge in [-0.1, -0.05) is 12.1 Å². The molecule has 0 spiro atoms. The minimum atomic E-state index is -4.43. The lowest BCUT2D eigenvalue weighted by Gasteiger charge is -2.10. The van der Waals surface area contributed by atoms with Crippen LogP contribution in [0, 0.1) is 0 Å². The van der Waals surface area contributed by atoms with E-state index >= 15 is 0 Å². The molecule has 4 rings (SSSR count). The van der Waals surface area contributed by atoms with E-state index in [-0.39, 0.29) is 11.9 Å². The van der Waals surface area contributed by atoms with Crippen LogP contribution in [0.3, 0.4) is 0 Å². The first-order valence-electron chi connectivity index (χ1n) is 8.17. The number of alkyl halides is 3. The maximum atomic E-state index is 13.0. The minimum Gasteiger partial charge on any atom is -0.342 e. The van der Waals surface area contributed by atoms with E-state index in [4.69, 9.17) is 0 Å². The van der Waals surface area contributed by atoms with E-state index < -0.39 is 11.7 Å². The SMILES string of the molecule is CC(NC(=O)c1csc2nc(-c3cccc(C(F)(F)F)c3)cn12)c1nccs1. The molecule has 0 fully saturated rings. The van der Waals surface area contributed by atoms with Gasteiger partial charge in [0.15, 0.2) is 4.96 Å². The lowest BCUT2D eigenvalue weighted by molar-refractivity contribution is -0.137. The van der Waals surface area contributed by atoms with Gasteiger partial charge in [0.05, 0.1) is 17.3 Å². The highest BCUT2D eigenvalue weighted by molar-refractivity contribution is 7.15. The molecule has 0 radical (unpaired) electrons. The smallest absolute Gasteiger partial charge is 0.342 e. The van der Waals surface area contributed by atoms with Crippen molar-refractivity contribution in [3.8, 4) is 11.3 Å². The Kier molecular flexibility index (Phi) is 4.68. The molecule has 1 N–H and O–H groups in total. The number of halogens is 3. The number of imidazole rings is 1. The van der Waals surface area contributed by atoms with Gasteiger partial charge in [-0.3, -0.25) is 9.20 Å². The Bertz CT molecular complexity index is 1130. The van der Waals surface area contributed by atoms with E-state index in [1.54, 1.807) is 28.2 Å². The van der Waals surface area contributed by atoms with Gasteiger partial charge < -0.3 is 5.32 Å². The van der Waals surface area contributed by atoms with Crippen molar-refractivity contribution in [3.63, 3.8) is 0 Å². The summed E-state index contributed by atoms with van der Waals surface area (Å²) in [4.78, 5) is 21.7. The second kappa shape index (κ2) is 7.02. The van der Waals surface area contributed by atoms with Crippen LogP contribution in [-0.4, -0.2) is 20.3 Å². The Hall–Kier alpha value is -2.72. The van der Waals surface area contributed by atoms with Crippen LogP contribution in [0.4, 0.5) is 13.2 Å². The third-order valence-electron chi connectivity index (χ3n) is 4.10. The fourth-order valence-electron chi connectivity index (χ4n) is 2.72. The van der Waals surface area contributed by atoms with E-state index in [1.807, 2.05) is 12.3 Å². The van der Waals surface area contributed by atoms with Gasteiger partial charge in [-0.25, -0.2) is 9.97 Å². The van der Waals surface area contributed by atoms with Crippen molar-refractivity contribution in [2.45, 2.75) is 19.1 Å². The van der Waals surface area contributed by atoms with Gasteiger partial charge in [0.25, 0.3) is 5.91 Å². The molecule has 1 aromatic carbocycles. The third kappa shape index (κ3) is 3.52. The highest BCUT2D eigenvalue weighted by Gasteiger charge is 2.30. The van der Waals surface area contributed by atoms with E-state index in [0.29, 0.717) is 21.9 Å². The highest BCUT2D eigenvalue weighted by Crippen LogP contribution is 2.32. The molecule has 28 heavy (non-hydrogen) atoms. The number of carbonyl (C=O) groups is 1. The largest absolute Gasteiger partial charge is 0.416 e. The van der Waals surface area contributed by atoms with Crippen LogP contribution in [0.25, 0.3) is 16.2 Å². The van der Waals surface area contributed by atoms with Gasteiger partial charge in [-0.05, 0) is 19.1 Å². The number of fused-ring (bicyclic) bond motifs is 1. The van der Waals surface area contributed by atoms with Crippen molar-refractivity contribution in [1.82, 2.24) is 19.7 Å². The molecule has 0 saturated carbocycles. The molecule has 3 heterocycles. The molecule has 5 nitrogen and oxygen atoms in total. The highest BCUT2D eigenvalue weighted by atomic mass is 32.1. The number of aromatic nitrogens is 3. The van der Waals surface area contributed by atoms with Crippen molar-refractivity contribution in [2.75, 3.05) is 0 Å². The Morgan fingerprint density at radius 2 is 2.11 bits per heavy atom. The minimum absolute atomic E-state index is 0.256. The fraction of sp³-hybridized carbons (Fsp3) is 0.167. The second-order valence-electron chi connectivity index (χ2n) is 6.04. The van der Waals surface area contributed by atoms with Gasteiger partial charge >= 0.3 is 6.18 Å². The quantitative estimate of drug-likeness (QED) is 0.502. The lowest BCUT2D eigenvalue weighted by atomic mass is 10.1. The predicted molar refractivity (Wildman–Crippen MR) is 102 cm³/mol. The molecule has 0 aliphatic carbocycles. The summed E-state index contributed by atoms with van der Waals surface area (Å²) in [6.45, 7) is 1.84. The number of amides is 1. The molecule has 0 aliphatic heterocycles. The Morgan fingerprint density at radius 3 is 2.82 bits per heavy atom. The summed E-state index contributed by atoms with van der Waals surface area (Å²) < 4.78 is 40.5. The molecule has 3 aromatic heterocycles. The maximum absolute atomic E-state index is 13.0. The summed E-state index contributed by atoms with van der Waals surface area (Å²) in [5.41, 5.74) is 0.346. The number of thiazole rings is 2. The molecule has 10 heteroatoms. The van der Waals surface area contributed by atoms with Crippen molar-refractivity contribution < 1.29 is 18.0 Å². The number of rotatable bonds is 4. The van der Waals surface area contributed by atoms with Crippen LogP contribution in [0.2, 0.25) is 0 Å². The van der Waals surface area contributed by atoms with E-state index in [9.17, 15) is 18.0 Å². The van der Waals surface area contributed by atoms with Crippen LogP contribution < -0.4 is 5.32 Å². The molecule has 144 valence electrons. The number of nitrogens with one attached hydrogen (secondary N) is 1. The summed E-state index contributed by atoms with van der Waals surface area (Å²) in [6.07, 6.45) is -1.18.